The van der Waals surface area contributed by atoms with Gasteiger partial charge in [0.2, 0.25) is 0 Å². The fourth-order valence-electron chi connectivity index (χ4n) is 0.777. The SMILES string of the molecule is CC(C)(C)SN1C[C@@H]1C(=O)O. The molecule has 4 heteroatoms. The smallest absolute Gasteiger partial charge is 0.323 e. The Morgan fingerprint density at radius 3 is 2.45 bits per heavy atom. The van der Waals surface area contributed by atoms with E-state index in [1.807, 2.05) is 4.31 Å². The van der Waals surface area contributed by atoms with Gasteiger partial charge in [0, 0.05) is 11.3 Å². The molecule has 1 fully saturated rings. The molecule has 0 aliphatic carbocycles. The Labute approximate surface area is 70.9 Å². The number of nitrogens with zero attached hydrogens (tertiary/aromatic N) is 1. The number of carbonyl (C=O) groups is 1. The molecule has 1 unspecified atom stereocenters. The summed E-state index contributed by atoms with van der Waals surface area (Å²) in [6, 6.07) is -0.237. The minimum atomic E-state index is -0.707. The molecule has 64 valence electrons. The molecular formula is C7H13NO2S. The molecule has 0 bridgehead atoms. The van der Waals surface area contributed by atoms with Crippen LogP contribution in [0.3, 0.4) is 0 Å². The van der Waals surface area contributed by atoms with Crippen LogP contribution in [0.2, 0.25) is 0 Å². The summed E-state index contributed by atoms with van der Waals surface area (Å²) >= 11 is 1.61. The van der Waals surface area contributed by atoms with E-state index < -0.39 is 5.97 Å². The molecule has 3 nitrogen and oxygen atoms in total. The first-order valence-electron chi connectivity index (χ1n) is 3.59. The van der Waals surface area contributed by atoms with Gasteiger partial charge in [0.05, 0.1) is 0 Å². The number of carboxylic acids is 1. The Hall–Kier alpha value is -0.220. The molecule has 1 rings (SSSR count). The second-order valence-corrected chi connectivity index (χ2v) is 5.53. The number of rotatable bonds is 2. The zero-order valence-electron chi connectivity index (χ0n) is 7.00. The highest BCUT2D eigenvalue weighted by atomic mass is 32.2. The van der Waals surface area contributed by atoms with Crippen molar-refractivity contribution in [2.75, 3.05) is 6.54 Å². The molecule has 0 radical (unpaired) electrons. The minimum Gasteiger partial charge on any atom is -0.480 e. The number of hydrogen-bond donors (Lipinski definition) is 1. The van der Waals surface area contributed by atoms with Crippen molar-refractivity contribution in [1.82, 2.24) is 4.31 Å². The number of carboxylic acid groups (broad SMARTS) is 1. The summed E-state index contributed by atoms with van der Waals surface area (Å²) in [6.45, 7) is 6.93. The lowest BCUT2D eigenvalue weighted by Crippen LogP contribution is -2.14. The van der Waals surface area contributed by atoms with E-state index in [9.17, 15) is 4.79 Å². The van der Waals surface area contributed by atoms with Gasteiger partial charge in [0.25, 0.3) is 0 Å². The Morgan fingerprint density at radius 2 is 2.18 bits per heavy atom. The number of aliphatic carboxylic acids is 1. The zero-order chi connectivity index (χ0) is 8.65. The molecule has 1 aliphatic rings. The van der Waals surface area contributed by atoms with E-state index in [1.165, 1.54) is 0 Å². The predicted molar refractivity (Wildman–Crippen MR) is 45.5 cm³/mol. The van der Waals surface area contributed by atoms with Crippen LogP contribution in [0.25, 0.3) is 0 Å². The summed E-state index contributed by atoms with van der Waals surface area (Å²) in [5.41, 5.74) is 0. The van der Waals surface area contributed by atoms with Crippen molar-refractivity contribution >= 4 is 17.9 Å². The van der Waals surface area contributed by atoms with Gasteiger partial charge < -0.3 is 5.11 Å². The molecule has 0 aromatic heterocycles. The van der Waals surface area contributed by atoms with Gasteiger partial charge in [-0.1, -0.05) is 11.9 Å². The van der Waals surface area contributed by atoms with Crippen LogP contribution in [0.1, 0.15) is 20.8 Å². The molecule has 1 heterocycles. The highest BCUT2D eigenvalue weighted by molar-refractivity contribution is 7.98. The average Bonchev–Trinajstić information content (AvgIpc) is 2.40. The average molecular weight is 175 g/mol. The largest absolute Gasteiger partial charge is 0.480 e. The lowest BCUT2D eigenvalue weighted by atomic mass is 10.3. The van der Waals surface area contributed by atoms with Crippen LogP contribution in [0.5, 0.6) is 0 Å². The summed E-state index contributed by atoms with van der Waals surface area (Å²) in [5.74, 6) is -0.707. The third-order valence-electron chi connectivity index (χ3n) is 1.24. The third kappa shape index (κ3) is 2.71. The molecule has 1 N–H and O–H groups in total. The first-order chi connectivity index (χ1) is 4.90. The van der Waals surface area contributed by atoms with E-state index >= 15 is 0 Å². The lowest BCUT2D eigenvalue weighted by molar-refractivity contribution is -0.136. The van der Waals surface area contributed by atoms with Crippen LogP contribution >= 0.6 is 11.9 Å². The molecule has 0 amide bonds. The highest BCUT2D eigenvalue weighted by Gasteiger charge is 2.43. The van der Waals surface area contributed by atoms with Gasteiger partial charge in [0.1, 0.15) is 6.04 Å². The van der Waals surface area contributed by atoms with E-state index in [0.29, 0.717) is 6.54 Å². The maximum absolute atomic E-state index is 10.4. The molecule has 0 spiro atoms. The number of hydrogen-bond acceptors (Lipinski definition) is 3. The molecule has 2 atom stereocenters. The van der Waals surface area contributed by atoms with Gasteiger partial charge in [0.15, 0.2) is 0 Å². The monoisotopic (exact) mass is 175 g/mol. The van der Waals surface area contributed by atoms with Crippen LogP contribution in [0.15, 0.2) is 0 Å². The Balaban J connectivity index is 2.29. The zero-order valence-corrected chi connectivity index (χ0v) is 7.81. The first-order valence-corrected chi connectivity index (χ1v) is 4.36. The summed E-state index contributed by atoms with van der Waals surface area (Å²) in [6.07, 6.45) is 0. The summed E-state index contributed by atoms with van der Waals surface area (Å²) in [5, 5.41) is 8.57. The van der Waals surface area contributed by atoms with Crippen LogP contribution in [0.4, 0.5) is 0 Å². The maximum Gasteiger partial charge on any atom is 0.323 e. The maximum atomic E-state index is 10.4. The first kappa shape index (κ1) is 8.87. The van der Waals surface area contributed by atoms with E-state index in [1.54, 1.807) is 11.9 Å². The normalized spacial score (nSPS) is 30.1. The molecule has 0 aromatic rings. The van der Waals surface area contributed by atoms with Crippen LogP contribution in [0, 0.1) is 0 Å². The van der Waals surface area contributed by atoms with Crippen molar-refractivity contribution in [2.24, 2.45) is 0 Å². The fraction of sp³-hybridized carbons (Fsp3) is 0.857. The fourth-order valence-corrected chi connectivity index (χ4v) is 1.91. The minimum absolute atomic E-state index is 0.129. The van der Waals surface area contributed by atoms with Gasteiger partial charge in [-0.3, -0.25) is 4.79 Å². The van der Waals surface area contributed by atoms with E-state index in [0.717, 1.165) is 0 Å². The second kappa shape index (κ2) is 2.68. The molecular weight excluding hydrogens is 162 g/mol. The van der Waals surface area contributed by atoms with Crippen molar-refractivity contribution in [3.8, 4) is 0 Å². The van der Waals surface area contributed by atoms with Crippen molar-refractivity contribution in [2.45, 2.75) is 31.6 Å². The molecule has 11 heavy (non-hydrogen) atoms. The van der Waals surface area contributed by atoms with Gasteiger partial charge in [-0.2, -0.15) is 0 Å². The van der Waals surface area contributed by atoms with Gasteiger partial charge >= 0.3 is 5.97 Å². The standard InChI is InChI=1S/C7H13NO2S/c1-7(2,3)11-8-4-5(8)6(9)10/h5H,4H2,1-3H3,(H,9,10)/t5-,8?/m1/s1. The van der Waals surface area contributed by atoms with Gasteiger partial charge in [-0.05, 0) is 20.8 Å². The van der Waals surface area contributed by atoms with Crippen LogP contribution in [-0.4, -0.2) is 32.7 Å². The predicted octanol–water partition coefficient (Wildman–Crippen LogP) is 1.20. The quantitative estimate of drug-likeness (QED) is 0.506. The molecule has 0 saturated carbocycles. The topological polar surface area (TPSA) is 40.3 Å². The van der Waals surface area contributed by atoms with E-state index in [2.05, 4.69) is 20.8 Å². The highest BCUT2D eigenvalue weighted by Crippen LogP contribution is 2.36. The lowest BCUT2D eigenvalue weighted by Gasteiger charge is -2.17. The van der Waals surface area contributed by atoms with Crippen molar-refractivity contribution in [1.29, 1.82) is 0 Å². The van der Waals surface area contributed by atoms with Crippen molar-refractivity contribution in [3.63, 3.8) is 0 Å². The Morgan fingerprint density at radius 1 is 1.64 bits per heavy atom. The summed E-state index contributed by atoms with van der Waals surface area (Å²) in [7, 11) is 0. The Kier molecular flexibility index (Phi) is 2.16. The van der Waals surface area contributed by atoms with Gasteiger partial charge in [-0.15, -0.1) is 0 Å². The molecule has 1 aliphatic heterocycles. The third-order valence-corrected chi connectivity index (χ3v) is 2.43. The van der Waals surface area contributed by atoms with Crippen LogP contribution in [-0.2, 0) is 4.79 Å². The summed E-state index contributed by atoms with van der Waals surface area (Å²) in [4.78, 5) is 10.4. The molecule has 0 aromatic carbocycles. The molecule has 1 saturated heterocycles. The van der Waals surface area contributed by atoms with E-state index in [-0.39, 0.29) is 10.8 Å². The van der Waals surface area contributed by atoms with E-state index in [4.69, 9.17) is 5.11 Å². The van der Waals surface area contributed by atoms with Gasteiger partial charge in [-0.25, -0.2) is 4.31 Å². The van der Waals surface area contributed by atoms with Crippen molar-refractivity contribution < 1.29 is 9.90 Å². The Bertz CT molecular complexity index is 176. The van der Waals surface area contributed by atoms with Crippen LogP contribution < -0.4 is 0 Å². The van der Waals surface area contributed by atoms with Crippen molar-refractivity contribution in [3.05, 3.63) is 0 Å². The second-order valence-electron chi connectivity index (χ2n) is 3.66. The summed E-state index contributed by atoms with van der Waals surface area (Å²) < 4.78 is 2.02.